The van der Waals surface area contributed by atoms with Crippen molar-refractivity contribution in [2.45, 2.75) is 18.9 Å². The Bertz CT molecular complexity index is 618. The summed E-state index contributed by atoms with van der Waals surface area (Å²) in [6, 6.07) is 9.99. The van der Waals surface area contributed by atoms with E-state index in [-0.39, 0.29) is 36.8 Å². The van der Waals surface area contributed by atoms with Gasteiger partial charge in [0.05, 0.1) is 18.8 Å². The van der Waals surface area contributed by atoms with Crippen molar-refractivity contribution in [3.05, 3.63) is 48.3 Å². The van der Waals surface area contributed by atoms with E-state index in [1.807, 2.05) is 54.7 Å². The van der Waals surface area contributed by atoms with Crippen LogP contribution in [-0.2, 0) is 11.8 Å². The van der Waals surface area contributed by atoms with E-state index in [0.717, 1.165) is 30.6 Å². The molecule has 1 fully saturated rings. The van der Waals surface area contributed by atoms with Crippen LogP contribution in [0, 0.1) is 0 Å². The Morgan fingerprint density at radius 3 is 2.70 bits per heavy atom. The number of nitrogens with one attached hydrogen (secondary N) is 1. The predicted octanol–water partition coefficient (Wildman–Crippen LogP) is 3.04. The van der Waals surface area contributed by atoms with Crippen LogP contribution in [0.2, 0.25) is 0 Å². The average Bonchev–Trinajstić information content (AvgIpc) is 3.14. The molecule has 1 aromatic carbocycles. The van der Waals surface area contributed by atoms with Crippen molar-refractivity contribution < 1.29 is 4.79 Å². The van der Waals surface area contributed by atoms with Gasteiger partial charge in [0.25, 0.3) is 0 Å². The Morgan fingerprint density at radius 2 is 2.04 bits per heavy atom. The van der Waals surface area contributed by atoms with Gasteiger partial charge in [-0.2, -0.15) is 5.10 Å². The van der Waals surface area contributed by atoms with Gasteiger partial charge in [0.1, 0.15) is 0 Å². The van der Waals surface area contributed by atoms with Gasteiger partial charge in [0.15, 0.2) is 0 Å². The second-order valence-corrected chi connectivity index (χ2v) is 5.41. The summed E-state index contributed by atoms with van der Waals surface area (Å²) in [5.41, 5.74) is 2.10. The highest BCUT2D eigenvalue weighted by molar-refractivity contribution is 5.85. The molecule has 2 heterocycles. The fourth-order valence-electron chi connectivity index (χ4n) is 2.86. The lowest BCUT2D eigenvalue weighted by atomic mass is 10.1. The monoisotopic (exact) mass is 356 g/mol. The van der Waals surface area contributed by atoms with E-state index in [4.69, 9.17) is 0 Å². The molecule has 126 valence electrons. The van der Waals surface area contributed by atoms with Gasteiger partial charge < -0.3 is 10.2 Å². The highest BCUT2D eigenvalue weighted by Gasteiger charge is 2.30. The summed E-state index contributed by atoms with van der Waals surface area (Å²) in [6.45, 7) is 1.16. The van der Waals surface area contributed by atoms with Crippen LogP contribution in [0.4, 0.5) is 5.69 Å². The molecule has 1 unspecified atom stereocenters. The molecule has 2 aromatic rings. The molecule has 0 saturated carbocycles. The lowest BCUT2D eigenvalue weighted by Gasteiger charge is -2.24. The standard InChI is InChI=1S/C16H20N4O.2ClH/c1-19-12-13(10-18-19)15-8-5-9-20(15)16(21)11-17-14-6-3-2-4-7-14;;/h2-4,6-7,10,12,15,17H,5,8-9,11H2,1H3;2*1H. The maximum absolute atomic E-state index is 12.4. The summed E-state index contributed by atoms with van der Waals surface area (Å²) in [7, 11) is 1.90. The van der Waals surface area contributed by atoms with Crippen LogP contribution in [0.1, 0.15) is 24.4 Å². The topological polar surface area (TPSA) is 50.2 Å². The van der Waals surface area contributed by atoms with Crippen LogP contribution in [-0.4, -0.2) is 33.7 Å². The highest BCUT2D eigenvalue weighted by atomic mass is 35.5. The second-order valence-electron chi connectivity index (χ2n) is 5.41. The fraction of sp³-hybridized carbons (Fsp3) is 0.375. The molecular weight excluding hydrogens is 335 g/mol. The summed E-state index contributed by atoms with van der Waals surface area (Å²) in [6.07, 6.45) is 5.93. The van der Waals surface area contributed by atoms with Crippen molar-refractivity contribution >= 4 is 36.4 Å². The molecular formula is C16H22Cl2N4O. The van der Waals surface area contributed by atoms with Gasteiger partial charge >= 0.3 is 0 Å². The third-order valence-corrected chi connectivity index (χ3v) is 3.90. The third-order valence-electron chi connectivity index (χ3n) is 3.90. The molecule has 0 aliphatic carbocycles. The van der Waals surface area contributed by atoms with E-state index in [2.05, 4.69) is 10.4 Å². The molecule has 0 radical (unpaired) electrons. The molecule has 23 heavy (non-hydrogen) atoms. The number of rotatable bonds is 4. The number of benzene rings is 1. The zero-order chi connectivity index (χ0) is 14.7. The van der Waals surface area contributed by atoms with E-state index >= 15 is 0 Å². The number of para-hydroxylation sites is 1. The molecule has 5 nitrogen and oxygen atoms in total. The molecule has 3 rings (SSSR count). The van der Waals surface area contributed by atoms with E-state index in [9.17, 15) is 4.79 Å². The Hall–Kier alpha value is -1.72. The van der Waals surface area contributed by atoms with Crippen molar-refractivity contribution in [2.75, 3.05) is 18.4 Å². The first kappa shape index (κ1) is 19.3. The number of hydrogen-bond donors (Lipinski definition) is 1. The molecule has 1 aliphatic rings. The van der Waals surface area contributed by atoms with E-state index in [0.29, 0.717) is 6.54 Å². The number of likely N-dealkylation sites (tertiary alicyclic amines) is 1. The van der Waals surface area contributed by atoms with Gasteiger partial charge in [-0.15, -0.1) is 24.8 Å². The lowest BCUT2D eigenvalue weighted by molar-refractivity contribution is -0.130. The predicted molar refractivity (Wildman–Crippen MR) is 96.3 cm³/mol. The summed E-state index contributed by atoms with van der Waals surface area (Å²) < 4.78 is 1.79. The normalized spacial score (nSPS) is 16.4. The SMILES string of the molecule is Cl.Cl.Cn1cc(C2CCCN2C(=O)CNc2ccccc2)cn1. The molecule has 7 heteroatoms. The third kappa shape index (κ3) is 4.62. The fourth-order valence-corrected chi connectivity index (χ4v) is 2.86. The van der Waals surface area contributed by atoms with Crippen LogP contribution in [0.25, 0.3) is 0 Å². The minimum absolute atomic E-state index is 0. The van der Waals surface area contributed by atoms with E-state index in [1.54, 1.807) is 4.68 Å². The van der Waals surface area contributed by atoms with Crippen molar-refractivity contribution in [3.63, 3.8) is 0 Å². The van der Waals surface area contributed by atoms with E-state index in [1.165, 1.54) is 0 Å². The number of hydrogen-bond acceptors (Lipinski definition) is 3. The maximum atomic E-state index is 12.4. The van der Waals surface area contributed by atoms with Crippen molar-refractivity contribution in [3.8, 4) is 0 Å². The maximum Gasteiger partial charge on any atom is 0.242 e. The first-order valence-electron chi connectivity index (χ1n) is 7.31. The van der Waals surface area contributed by atoms with Crippen LogP contribution in [0.5, 0.6) is 0 Å². The van der Waals surface area contributed by atoms with Gasteiger partial charge in [-0.1, -0.05) is 18.2 Å². The van der Waals surface area contributed by atoms with Crippen LogP contribution in [0.3, 0.4) is 0 Å². The summed E-state index contributed by atoms with van der Waals surface area (Å²) in [5.74, 6) is 0.144. The van der Waals surface area contributed by atoms with Crippen LogP contribution in [0.15, 0.2) is 42.7 Å². The molecule has 1 atom stereocenters. The van der Waals surface area contributed by atoms with Gasteiger partial charge in [-0.3, -0.25) is 9.48 Å². The Balaban J connectivity index is 0.00000132. The second kappa shape index (κ2) is 8.79. The zero-order valence-electron chi connectivity index (χ0n) is 13.0. The minimum atomic E-state index is 0. The largest absolute Gasteiger partial charge is 0.376 e. The van der Waals surface area contributed by atoms with Gasteiger partial charge in [-0.05, 0) is 25.0 Å². The molecule has 1 saturated heterocycles. The van der Waals surface area contributed by atoms with Crippen LogP contribution < -0.4 is 5.32 Å². The number of aryl methyl sites for hydroxylation is 1. The number of halogens is 2. The van der Waals surface area contributed by atoms with Gasteiger partial charge in [-0.25, -0.2) is 0 Å². The molecule has 1 aromatic heterocycles. The Kier molecular flexibility index (Phi) is 7.39. The average molecular weight is 357 g/mol. The molecule has 0 bridgehead atoms. The van der Waals surface area contributed by atoms with Crippen molar-refractivity contribution in [1.29, 1.82) is 0 Å². The van der Waals surface area contributed by atoms with E-state index < -0.39 is 0 Å². The molecule has 1 aliphatic heterocycles. The number of carbonyl (C=O) groups is 1. The zero-order valence-corrected chi connectivity index (χ0v) is 14.6. The van der Waals surface area contributed by atoms with Crippen molar-refractivity contribution in [1.82, 2.24) is 14.7 Å². The van der Waals surface area contributed by atoms with Gasteiger partial charge in [0.2, 0.25) is 5.91 Å². The van der Waals surface area contributed by atoms with Gasteiger partial charge in [0, 0.05) is 31.0 Å². The summed E-state index contributed by atoms with van der Waals surface area (Å²) in [5, 5.41) is 7.40. The lowest BCUT2D eigenvalue weighted by Crippen LogP contribution is -2.35. The Labute approximate surface area is 148 Å². The number of carbonyl (C=O) groups excluding carboxylic acids is 1. The first-order valence-corrected chi connectivity index (χ1v) is 7.31. The number of aromatic nitrogens is 2. The molecule has 1 amide bonds. The first-order chi connectivity index (χ1) is 10.2. The van der Waals surface area contributed by atoms with Crippen LogP contribution >= 0.6 is 24.8 Å². The quantitative estimate of drug-likeness (QED) is 0.915. The number of anilines is 1. The number of nitrogens with zero attached hydrogens (tertiary/aromatic N) is 3. The smallest absolute Gasteiger partial charge is 0.242 e. The molecule has 1 N–H and O–H groups in total. The van der Waals surface area contributed by atoms with Crippen molar-refractivity contribution in [2.24, 2.45) is 7.05 Å². The summed E-state index contributed by atoms with van der Waals surface area (Å²) in [4.78, 5) is 14.4. The summed E-state index contributed by atoms with van der Waals surface area (Å²) >= 11 is 0. The Morgan fingerprint density at radius 1 is 1.30 bits per heavy atom. The minimum Gasteiger partial charge on any atom is -0.376 e. The molecule has 0 spiro atoms. The number of amides is 1. The highest BCUT2D eigenvalue weighted by Crippen LogP contribution is 2.31.